The molecule has 80 valence electrons. The molecule has 3 heteroatoms. The zero-order valence-electron chi connectivity index (χ0n) is 8.87. The number of aliphatic hydroxyl groups excluding tert-OH is 1. The third kappa shape index (κ3) is 2.91. The van der Waals surface area contributed by atoms with Crippen molar-refractivity contribution >= 4 is 22.5 Å². The lowest BCUT2D eigenvalue weighted by atomic mass is 10.1. The SMILES string of the molecule is CC.OCc1ccc2ncc(Cl)cc2c1. The molecule has 0 bridgehead atoms. The molecule has 0 unspecified atom stereocenters. The second kappa shape index (κ2) is 5.69. The topological polar surface area (TPSA) is 33.1 Å². The predicted molar refractivity (Wildman–Crippen MR) is 64.0 cm³/mol. The van der Waals surface area contributed by atoms with Crippen molar-refractivity contribution in [1.29, 1.82) is 0 Å². The summed E-state index contributed by atoms with van der Waals surface area (Å²) in [5, 5.41) is 10.5. The Kier molecular flexibility index (Phi) is 4.53. The Bertz CT molecular complexity index is 443. The summed E-state index contributed by atoms with van der Waals surface area (Å²) in [6.07, 6.45) is 1.61. The number of fused-ring (bicyclic) bond motifs is 1. The standard InChI is InChI=1S/C10H8ClNO.C2H6/c11-9-4-8-3-7(6-13)1-2-10(8)12-5-9;1-2/h1-5,13H,6H2;1-2H3. The molecule has 1 aromatic carbocycles. The number of aliphatic hydroxyl groups is 1. The van der Waals surface area contributed by atoms with E-state index in [1.165, 1.54) is 0 Å². The number of hydrogen-bond donors (Lipinski definition) is 1. The molecular weight excluding hydrogens is 210 g/mol. The van der Waals surface area contributed by atoms with Gasteiger partial charge in [-0.1, -0.05) is 31.5 Å². The number of benzene rings is 1. The summed E-state index contributed by atoms with van der Waals surface area (Å²) in [6, 6.07) is 7.44. The number of nitrogens with zero attached hydrogens (tertiary/aromatic N) is 1. The maximum Gasteiger partial charge on any atom is 0.0703 e. The summed E-state index contributed by atoms with van der Waals surface area (Å²) in [4.78, 5) is 4.14. The quantitative estimate of drug-likeness (QED) is 0.804. The maximum absolute atomic E-state index is 8.91. The molecule has 2 nitrogen and oxygen atoms in total. The van der Waals surface area contributed by atoms with Crippen LogP contribution in [0, 0.1) is 0 Å². The van der Waals surface area contributed by atoms with Crippen molar-refractivity contribution in [2.45, 2.75) is 20.5 Å². The molecule has 2 aromatic rings. The van der Waals surface area contributed by atoms with E-state index in [4.69, 9.17) is 16.7 Å². The fraction of sp³-hybridized carbons (Fsp3) is 0.250. The summed E-state index contributed by atoms with van der Waals surface area (Å²) in [5.74, 6) is 0. The molecule has 0 spiro atoms. The van der Waals surface area contributed by atoms with Crippen LogP contribution in [0.15, 0.2) is 30.5 Å². The first-order valence-corrected chi connectivity index (χ1v) is 5.32. The van der Waals surface area contributed by atoms with Gasteiger partial charge in [-0.3, -0.25) is 4.98 Å². The first-order valence-electron chi connectivity index (χ1n) is 4.94. The Balaban J connectivity index is 0.000000531. The molecule has 0 fully saturated rings. The lowest BCUT2D eigenvalue weighted by Gasteiger charge is -1.99. The van der Waals surface area contributed by atoms with Crippen LogP contribution in [-0.2, 0) is 6.61 Å². The molecule has 15 heavy (non-hydrogen) atoms. The van der Waals surface area contributed by atoms with Crippen molar-refractivity contribution in [2.24, 2.45) is 0 Å². The minimum Gasteiger partial charge on any atom is -0.392 e. The van der Waals surface area contributed by atoms with E-state index < -0.39 is 0 Å². The van der Waals surface area contributed by atoms with Crippen LogP contribution in [0.1, 0.15) is 19.4 Å². The lowest BCUT2D eigenvalue weighted by Crippen LogP contribution is -1.84. The van der Waals surface area contributed by atoms with E-state index in [9.17, 15) is 0 Å². The number of aromatic nitrogens is 1. The van der Waals surface area contributed by atoms with E-state index in [0.717, 1.165) is 16.5 Å². The van der Waals surface area contributed by atoms with Gasteiger partial charge in [-0.2, -0.15) is 0 Å². The smallest absolute Gasteiger partial charge is 0.0703 e. The zero-order valence-corrected chi connectivity index (χ0v) is 9.62. The van der Waals surface area contributed by atoms with Crippen molar-refractivity contribution in [3.63, 3.8) is 0 Å². The highest BCUT2D eigenvalue weighted by Gasteiger charge is 1.97. The largest absolute Gasteiger partial charge is 0.392 e. The van der Waals surface area contributed by atoms with Crippen LogP contribution in [-0.4, -0.2) is 10.1 Å². The minimum absolute atomic E-state index is 0.0441. The first-order chi connectivity index (χ1) is 7.29. The molecule has 1 aromatic heterocycles. The molecule has 0 atom stereocenters. The Morgan fingerprint density at radius 2 is 2.00 bits per heavy atom. The molecular formula is C12H14ClNO. The van der Waals surface area contributed by atoms with Gasteiger partial charge in [-0.25, -0.2) is 0 Å². The summed E-state index contributed by atoms with van der Waals surface area (Å²) in [5.41, 5.74) is 1.76. The number of pyridine rings is 1. The second-order valence-corrected chi connectivity index (χ2v) is 3.28. The lowest BCUT2D eigenvalue weighted by molar-refractivity contribution is 0.282. The first kappa shape index (κ1) is 12.0. The second-order valence-electron chi connectivity index (χ2n) is 2.84. The van der Waals surface area contributed by atoms with Crippen LogP contribution in [0.25, 0.3) is 10.9 Å². The molecule has 2 rings (SSSR count). The molecule has 0 aliphatic heterocycles. The molecule has 1 N–H and O–H groups in total. The van der Waals surface area contributed by atoms with E-state index in [0.29, 0.717) is 5.02 Å². The van der Waals surface area contributed by atoms with E-state index in [1.54, 1.807) is 6.20 Å². The highest BCUT2D eigenvalue weighted by atomic mass is 35.5. The van der Waals surface area contributed by atoms with Gasteiger partial charge in [0.15, 0.2) is 0 Å². The van der Waals surface area contributed by atoms with Gasteiger partial charge < -0.3 is 5.11 Å². The summed E-state index contributed by atoms with van der Waals surface area (Å²) < 4.78 is 0. The molecule has 1 heterocycles. The maximum atomic E-state index is 8.91. The van der Waals surface area contributed by atoms with Gasteiger partial charge in [0.25, 0.3) is 0 Å². The third-order valence-corrected chi connectivity index (χ3v) is 2.10. The van der Waals surface area contributed by atoms with E-state index in [-0.39, 0.29) is 6.61 Å². The normalized spacial score (nSPS) is 9.60. The van der Waals surface area contributed by atoms with Crippen LogP contribution in [0.3, 0.4) is 0 Å². The average molecular weight is 224 g/mol. The minimum atomic E-state index is 0.0441. The summed E-state index contributed by atoms with van der Waals surface area (Å²) in [7, 11) is 0. The van der Waals surface area contributed by atoms with Gasteiger partial charge in [-0.05, 0) is 23.8 Å². The average Bonchev–Trinajstić information content (AvgIpc) is 2.30. The van der Waals surface area contributed by atoms with Gasteiger partial charge in [0.2, 0.25) is 0 Å². The Morgan fingerprint density at radius 3 is 2.67 bits per heavy atom. The molecule has 0 amide bonds. The van der Waals surface area contributed by atoms with E-state index in [1.807, 2.05) is 38.1 Å². The van der Waals surface area contributed by atoms with Crippen LogP contribution < -0.4 is 0 Å². The highest BCUT2D eigenvalue weighted by molar-refractivity contribution is 6.31. The fourth-order valence-corrected chi connectivity index (χ4v) is 1.42. The Morgan fingerprint density at radius 1 is 1.27 bits per heavy atom. The van der Waals surface area contributed by atoms with Gasteiger partial charge in [0.05, 0.1) is 17.1 Å². The Labute approximate surface area is 94.5 Å². The summed E-state index contributed by atoms with van der Waals surface area (Å²) >= 11 is 5.79. The molecule has 0 aliphatic carbocycles. The van der Waals surface area contributed by atoms with Gasteiger partial charge in [0, 0.05) is 11.6 Å². The fourth-order valence-electron chi connectivity index (χ4n) is 1.25. The molecule has 0 radical (unpaired) electrons. The van der Waals surface area contributed by atoms with Crippen LogP contribution >= 0.6 is 11.6 Å². The number of halogens is 1. The molecule has 0 saturated carbocycles. The number of rotatable bonds is 1. The monoisotopic (exact) mass is 223 g/mol. The predicted octanol–water partition coefficient (Wildman–Crippen LogP) is 3.41. The van der Waals surface area contributed by atoms with Crippen LogP contribution in [0.4, 0.5) is 0 Å². The van der Waals surface area contributed by atoms with Gasteiger partial charge in [0.1, 0.15) is 0 Å². The third-order valence-electron chi connectivity index (χ3n) is 1.89. The zero-order chi connectivity index (χ0) is 11.3. The van der Waals surface area contributed by atoms with Crippen molar-refractivity contribution in [1.82, 2.24) is 4.98 Å². The van der Waals surface area contributed by atoms with Gasteiger partial charge >= 0.3 is 0 Å². The molecule has 0 aliphatic rings. The Hall–Kier alpha value is -1.12. The van der Waals surface area contributed by atoms with E-state index in [2.05, 4.69) is 4.98 Å². The van der Waals surface area contributed by atoms with E-state index >= 15 is 0 Å². The number of hydrogen-bond acceptors (Lipinski definition) is 2. The van der Waals surface area contributed by atoms with Crippen molar-refractivity contribution in [3.8, 4) is 0 Å². The van der Waals surface area contributed by atoms with Crippen LogP contribution in [0.2, 0.25) is 5.02 Å². The van der Waals surface area contributed by atoms with Crippen LogP contribution in [0.5, 0.6) is 0 Å². The summed E-state index contributed by atoms with van der Waals surface area (Å²) in [6.45, 7) is 4.04. The highest BCUT2D eigenvalue weighted by Crippen LogP contribution is 2.17. The molecule has 0 saturated heterocycles. The van der Waals surface area contributed by atoms with Crippen molar-refractivity contribution in [3.05, 3.63) is 41.0 Å². The van der Waals surface area contributed by atoms with Crippen molar-refractivity contribution in [2.75, 3.05) is 0 Å². The van der Waals surface area contributed by atoms with Crippen molar-refractivity contribution < 1.29 is 5.11 Å². The van der Waals surface area contributed by atoms with Gasteiger partial charge in [-0.15, -0.1) is 0 Å².